The van der Waals surface area contributed by atoms with Crippen LogP contribution in [0.1, 0.15) is 19.8 Å². The van der Waals surface area contributed by atoms with Crippen LogP contribution < -0.4 is 5.06 Å². The summed E-state index contributed by atoms with van der Waals surface area (Å²) in [6.45, 7) is 1.07. The predicted octanol–water partition coefficient (Wildman–Crippen LogP) is 0.759. The maximum atomic E-state index is 12.1. The molecule has 3 N–H and O–H groups in total. The molecule has 0 saturated carbocycles. The monoisotopic (exact) mass is 282 g/mol. The number of carbonyl (C=O) groups excluding carboxylic acids is 1. The van der Waals surface area contributed by atoms with Crippen molar-refractivity contribution in [2.45, 2.75) is 19.8 Å². The Morgan fingerprint density at radius 1 is 1.25 bits per heavy atom. The van der Waals surface area contributed by atoms with Gasteiger partial charge in [0, 0.05) is 18.8 Å². The number of carbonyl (C=O) groups is 3. The van der Waals surface area contributed by atoms with Crippen molar-refractivity contribution in [3.8, 4) is 0 Å². The molecular formula is C12H14N2O6. The second-order valence-electron chi connectivity index (χ2n) is 4.35. The molecule has 0 saturated heterocycles. The Kier molecular flexibility index (Phi) is 4.76. The molecule has 0 aliphatic rings. The Morgan fingerprint density at radius 3 is 2.25 bits per heavy atom. The second kappa shape index (κ2) is 6.11. The molecule has 8 heteroatoms. The van der Waals surface area contributed by atoms with Gasteiger partial charge >= 0.3 is 11.9 Å². The lowest BCUT2D eigenvalue weighted by molar-refractivity contribution is -0.156. The van der Waals surface area contributed by atoms with Gasteiger partial charge in [0.25, 0.3) is 5.91 Å². The fourth-order valence-electron chi connectivity index (χ4n) is 1.50. The Labute approximate surface area is 114 Å². The zero-order valence-corrected chi connectivity index (χ0v) is 10.7. The molecule has 20 heavy (non-hydrogen) atoms. The summed E-state index contributed by atoms with van der Waals surface area (Å²) >= 11 is 0. The van der Waals surface area contributed by atoms with Crippen molar-refractivity contribution in [2.75, 3.05) is 5.06 Å². The minimum Gasteiger partial charge on any atom is -0.481 e. The Morgan fingerprint density at radius 2 is 1.80 bits per heavy atom. The van der Waals surface area contributed by atoms with E-state index in [9.17, 15) is 19.6 Å². The lowest BCUT2D eigenvalue weighted by Crippen LogP contribution is -2.46. The van der Waals surface area contributed by atoms with Gasteiger partial charge in [-0.2, -0.15) is 5.06 Å². The van der Waals surface area contributed by atoms with Gasteiger partial charge in [0.05, 0.1) is 5.69 Å². The highest BCUT2D eigenvalue weighted by atomic mass is 16.5. The highest BCUT2D eigenvalue weighted by Gasteiger charge is 2.44. The first-order chi connectivity index (χ1) is 9.29. The average molecular weight is 282 g/mol. The summed E-state index contributed by atoms with van der Waals surface area (Å²) in [5, 5.41) is 27.7. The zero-order chi connectivity index (χ0) is 15.3. The van der Waals surface area contributed by atoms with E-state index in [-0.39, 0.29) is 10.8 Å². The predicted molar refractivity (Wildman–Crippen MR) is 66.1 cm³/mol. The number of rotatable bonds is 6. The standard InChI is InChI=1S/C12H14N2O6/c1-12(11(18)19,5-2-9(15)16)10(17)14(20)8-3-6-13-7-4-8/h3-4,6-7,20H,2,5H2,1H3,(H,15,16)(H,18,19). The first-order valence-electron chi connectivity index (χ1n) is 5.67. The van der Waals surface area contributed by atoms with Gasteiger partial charge in [-0.15, -0.1) is 0 Å². The summed E-state index contributed by atoms with van der Waals surface area (Å²) in [6.07, 6.45) is 1.71. The minimum absolute atomic E-state index is 0.0489. The van der Waals surface area contributed by atoms with E-state index in [2.05, 4.69) is 4.98 Å². The van der Waals surface area contributed by atoms with Crippen LogP contribution in [0.4, 0.5) is 5.69 Å². The van der Waals surface area contributed by atoms with Gasteiger partial charge in [0.15, 0.2) is 0 Å². The summed E-state index contributed by atoms with van der Waals surface area (Å²) < 4.78 is 0. The number of aliphatic carboxylic acids is 2. The Hall–Kier alpha value is -2.48. The van der Waals surface area contributed by atoms with Crippen molar-refractivity contribution in [3.05, 3.63) is 24.5 Å². The summed E-state index contributed by atoms with van der Waals surface area (Å²) in [5.74, 6) is -3.84. The van der Waals surface area contributed by atoms with Crippen LogP contribution in [0.3, 0.4) is 0 Å². The van der Waals surface area contributed by atoms with Gasteiger partial charge in [-0.3, -0.25) is 24.6 Å². The third kappa shape index (κ3) is 3.29. The van der Waals surface area contributed by atoms with Gasteiger partial charge < -0.3 is 10.2 Å². The lowest BCUT2D eigenvalue weighted by atomic mass is 9.84. The molecule has 0 aromatic carbocycles. The van der Waals surface area contributed by atoms with Crippen LogP contribution in [0.25, 0.3) is 0 Å². The number of hydrogen-bond acceptors (Lipinski definition) is 5. The summed E-state index contributed by atoms with van der Waals surface area (Å²) in [5.41, 5.74) is -1.98. The Balaban J connectivity index is 3.00. The number of pyridine rings is 1. The molecule has 1 atom stereocenters. The molecule has 0 radical (unpaired) electrons. The first kappa shape index (κ1) is 15.6. The fourth-order valence-corrected chi connectivity index (χ4v) is 1.50. The molecule has 0 fully saturated rings. The van der Waals surface area contributed by atoms with E-state index in [4.69, 9.17) is 10.2 Å². The van der Waals surface area contributed by atoms with Gasteiger partial charge in [0.1, 0.15) is 5.41 Å². The molecule has 108 valence electrons. The third-order valence-corrected chi connectivity index (χ3v) is 2.88. The number of hydrogen-bond donors (Lipinski definition) is 3. The molecule has 0 aliphatic heterocycles. The summed E-state index contributed by atoms with van der Waals surface area (Å²) in [4.78, 5) is 37.6. The number of carboxylic acids is 2. The van der Waals surface area contributed by atoms with Crippen molar-refractivity contribution in [2.24, 2.45) is 5.41 Å². The molecule has 1 unspecified atom stereocenters. The van der Waals surface area contributed by atoms with E-state index >= 15 is 0 Å². The quantitative estimate of drug-likeness (QED) is 0.399. The molecule has 8 nitrogen and oxygen atoms in total. The van der Waals surface area contributed by atoms with Crippen molar-refractivity contribution in [1.29, 1.82) is 0 Å². The van der Waals surface area contributed by atoms with E-state index in [1.165, 1.54) is 24.5 Å². The number of aromatic nitrogens is 1. The maximum Gasteiger partial charge on any atom is 0.319 e. The van der Waals surface area contributed by atoms with Crippen LogP contribution in [-0.2, 0) is 14.4 Å². The molecule has 0 aliphatic carbocycles. The van der Waals surface area contributed by atoms with Crippen LogP contribution in [-0.4, -0.2) is 38.3 Å². The van der Waals surface area contributed by atoms with Gasteiger partial charge in [0.2, 0.25) is 0 Å². The molecule has 1 heterocycles. The largest absolute Gasteiger partial charge is 0.481 e. The van der Waals surface area contributed by atoms with E-state index in [0.717, 1.165) is 6.92 Å². The van der Waals surface area contributed by atoms with Gasteiger partial charge in [-0.05, 0) is 25.5 Å². The van der Waals surface area contributed by atoms with E-state index in [1.807, 2.05) is 0 Å². The van der Waals surface area contributed by atoms with Crippen molar-refractivity contribution in [1.82, 2.24) is 4.98 Å². The SMILES string of the molecule is CC(CCC(=O)O)(C(=O)O)C(=O)N(O)c1ccncc1. The molecule has 1 aromatic heterocycles. The minimum atomic E-state index is -2.03. The summed E-state index contributed by atoms with van der Waals surface area (Å²) in [6, 6.07) is 2.63. The zero-order valence-electron chi connectivity index (χ0n) is 10.7. The topological polar surface area (TPSA) is 128 Å². The van der Waals surface area contributed by atoms with Crippen LogP contribution in [0.15, 0.2) is 24.5 Å². The molecule has 1 rings (SSSR count). The number of anilines is 1. The molecule has 0 bridgehead atoms. The van der Waals surface area contributed by atoms with E-state index < -0.39 is 36.1 Å². The number of hydroxylamine groups is 1. The number of nitrogens with zero attached hydrogens (tertiary/aromatic N) is 2. The lowest BCUT2D eigenvalue weighted by Gasteiger charge is -2.27. The Bertz CT molecular complexity index is 518. The normalized spacial score (nSPS) is 13.3. The molecular weight excluding hydrogens is 268 g/mol. The van der Waals surface area contributed by atoms with Gasteiger partial charge in [-0.25, -0.2) is 0 Å². The van der Waals surface area contributed by atoms with Crippen LogP contribution in [0, 0.1) is 5.41 Å². The highest BCUT2D eigenvalue weighted by molar-refractivity contribution is 6.08. The second-order valence-corrected chi connectivity index (χ2v) is 4.35. The van der Waals surface area contributed by atoms with Crippen LogP contribution >= 0.6 is 0 Å². The molecule has 1 amide bonds. The average Bonchev–Trinajstić information content (AvgIpc) is 2.43. The smallest absolute Gasteiger partial charge is 0.319 e. The van der Waals surface area contributed by atoms with Crippen molar-refractivity contribution >= 4 is 23.5 Å². The number of amides is 1. The molecule has 1 aromatic rings. The van der Waals surface area contributed by atoms with Gasteiger partial charge in [-0.1, -0.05) is 0 Å². The molecule has 0 spiro atoms. The summed E-state index contributed by atoms with van der Waals surface area (Å²) in [7, 11) is 0. The first-order valence-corrected chi connectivity index (χ1v) is 5.67. The highest BCUT2D eigenvalue weighted by Crippen LogP contribution is 2.28. The third-order valence-electron chi connectivity index (χ3n) is 2.88. The van der Waals surface area contributed by atoms with Crippen molar-refractivity contribution < 1.29 is 29.8 Å². The van der Waals surface area contributed by atoms with E-state index in [1.54, 1.807) is 0 Å². The fraction of sp³-hybridized carbons (Fsp3) is 0.333. The number of carboxylic acid groups (broad SMARTS) is 2. The van der Waals surface area contributed by atoms with E-state index in [0.29, 0.717) is 0 Å². The van der Waals surface area contributed by atoms with Crippen LogP contribution in [0.5, 0.6) is 0 Å². The van der Waals surface area contributed by atoms with Crippen molar-refractivity contribution in [3.63, 3.8) is 0 Å². The maximum absolute atomic E-state index is 12.1. The van der Waals surface area contributed by atoms with Crippen LogP contribution in [0.2, 0.25) is 0 Å².